The summed E-state index contributed by atoms with van der Waals surface area (Å²) in [7, 11) is 0. The Kier molecular flexibility index (Phi) is 2.91. The Morgan fingerprint density at radius 2 is 2.00 bits per heavy atom. The highest BCUT2D eigenvalue weighted by molar-refractivity contribution is 5.47. The standard InChI is InChI=1S/C12H19N3/c1-9-6-12(4-5-13-9)15-7-10(2)14-11(3)8-15/h4-6,10-11,14H,7-8H2,1-3H3. The van der Waals surface area contributed by atoms with Gasteiger partial charge in [-0.1, -0.05) is 0 Å². The molecule has 1 aliphatic rings. The van der Waals surface area contributed by atoms with E-state index in [1.807, 2.05) is 13.1 Å². The molecule has 0 aromatic carbocycles. The average Bonchev–Trinajstić information content (AvgIpc) is 2.16. The summed E-state index contributed by atoms with van der Waals surface area (Å²) in [5.74, 6) is 0. The Balaban J connectivity index is 2.16. The average molecular weight is 205 g/mol. The van der Waals surface area contributed by atoms with E-state index in [-0.39, 0.29) is 0 Å². The van der Waals surface area contributed by atoms with Crippen molar-refractivity contribution in [2.75, 3.05) is 18.0 Å². The lowest BCUT2D eigenvalue weighted by Gasteiger charge is -2.37. The van der Waals surface area contributed by atoms with Crippen LogP contribution in [0.4, 0.5) is 5.69 Å². The van der Waals surface area contributed by atoms with Crippen molar-refractivity contribution in [2.45, 2.75) is 32.9 Å². The van der Waals surface area contributed by atoms with Gasteiger partial charge in [-0.2, -0.15) is 0 Å². The highest BCUT2D eigenvalue weighted by Gasteiger charge is 2.20. The fraction of sp³-hybridized carbons (Fsp3) is 0.583. The van der Waals surface area contributed by atoms with E-state index in [2.05, 4.69) is 41.2 Å². The van der Waals surface area contributed by atoms with Gasteiger partial charge in [0.05, 0.1) is 0 Å². The molecular formula is C12H19N3. The molecule has 15 heavy (non-hydrogen) atoms. The second kappa shape index (κ2) is 4.19. The monoisotopic (exact) mass is 205 g/mol. The van der Waals surface area contributed by atoms with Crippen LogP contribution in [-0.2, 0) is 0 Å². The summed E-state index contributed by atoms with van der Waals surface area (Å²) in [5, 5.41) is 3.54. The molecule has 1 aliphatic heterocycles. The Morgan fingerprint density at radius 1 is 1.33 bits per heavy atom. The zero-order valence-electron chi connectivity index (χ0n) is 9.70. The first-order chi connectivity index (χ1) is 7.15. The molecule has 1 saturated heterocycles. The SMILES string of the molecule is Cc1cc(N2CC(C)NC(C)C2)ccn1. The number of hydrogen-bond donors (Lipinski definition) is 1. The molecule has 1 N–H and O–H groups in total. The molecule has 1 aromatic rings. The Morgan fingerprint density at radius 3 is 2.60 bits per heavy atom. The van der Waals surface area contributed by atoms with E-state index in [1.54, 1.807) is 0 Å². The fourth-order valence-corrected chi connectivity index (χ4v) is 2.26. The van der Waals surface area contributed by atoms with Crippen LogP contribution in [0.1, 0.15) is 19.5 Å². The molecule has 0 amide bonds. The normalized spacial score (nSPS) is 26.7. The minimum atomic E-state index is 0.558. The maximum Gasteiger partial charge on any atom is 0.0400 e. The first-order valence-electron chi connectivity index (χ1n) is 5.59. The second-order valence-corrected chi connectivity index (χ2v) is 4.53. The van der Waals surface area contributed by atoms with Gasteiger partial charge in [0.25, 0.3) is 0 Å². The van der Waals surface area contributed by atoms with Gasteiger partial charge in [-0.15, -0.1) is 0 Å². The third kappa shape index (κ3) is 2.48. The van der Waals surface area contributed by atoms with Crippen molar-refractivity contribution >= 4 is 5.69 Å². The quantitative estimate of drug-likeness (QED) is 0.754. The second-order valence-electron chi connectivity index (χ2n) is 4.53. The Labute approximate surface area is 91.5 Å². The minimum absolute atomic E-state index is 0.558. The van der Waals surface area contributed by atoms with Crippen molar-refractivity contribution in [3.05, 3.63) is 24.0 Å². The van der Waals surface area contributed by atoms with Gasteiger partial charge in [0.1, 0.15) is 0 Å². The number of piperazine rings is 1. The number of rotatable bonds is 1. The lowest BCUT2D eigenvalue weighted by atomic mass is 10.1. The van der Waals surface area contributed by atoms with E-state index < -0.39 is 0 Å². The summed E-state index contributed by atoms with van der Waals surface area (Å²) in [4.78, 5) is 6.66. The molecule has 2 unspecified atom stereocenters. The highest BCUT2D eigenvalue weighted by atomic mass is 15.2. The molecule has 0 spiro atoms. The highest BCUT2D eigenvalue weighted by Crippen LogP contribution is 2.17. The number of pyridine rings is 1. The van der Waals surface area contributed by atoms with Gasteiger partial charge in [-0.05, 0) is 32.9 Å². The number of nitrogens with one attached hydrogen (secondary N) is 1. The van der Waals surface area contributed by atoms with Crippen molar-refractivity contribution in [3.63, 3.8) is 0 Å². The summed E-state index contributed by atoms with van der Waals surface area (Å²) < 4.78 is 0. The zero-order chi connectivity index (χ0) is 10.8. The number of aryl methyl sites for hydroxylation is 1. The van der Waals surface area contributed by atoms with Crippen molar-refractivity contribution < 1.29 is 0 Å². The van der Waals surface area contributed by atoms with Crippen molar-refractivity contribution in [3.8, 4) is 0 Å². The molecule has 0 aliphatic carbocycles. The van der Waals surface area contributed by atoms with Crippen LogP contribution < -0.4 is 10.2 Å². The van der Waals surface area contributed by atoms with E-state index >= 15 is 0 Å². The lowest BCUT2D eigenvalue weighted by molar-refractivity contribution is 0.407. The maximum absolute atomic E-state index is 4.23. The topological polar surface area (TPSA) is 28.2 Å². The fourth-order valence-electron chi connectivity index (χ4n) is 2.26. The van der Waals surface area contributed by atoms with E-state index in [9.17, 15) is 0 Å². The maximum atomic E-state index is 4.23. The number of nitrogens with zero attached hydrogens (tertiary/aromatic N) is 2. The largest absolute Gasteiger partial charge is 0.368 e. The minimum Gasteiger partial charge on any atom is -0.368 e. The number of anilines is 1. The molecule has 82 valence electrons. The zero-order valence-corrected chi connectivity index (χ0v) is 9.70. The molecule has 0 bridgehead atoms. The summed E-state index contributed by atoms with van der Waals surface area (Å²) in [5.41, 5.74) is 2.38. The van der Waals surface area contributed by atoms with Gasteiger partial charge in [-0.25, -0.2) is 0 Å². The summed E-state index contributed by atoms with van der Waals surface area (Å²) in [6.07, 6.45) is 1.89. The molecule has 3 nitrogen and oxygen atoms in total. The van der Waals surface area contributed by atoms with Crippen LogP contribution in [0.2, 0.25) is 0 Å². The Hall–Kier alpha value is -1.09. The molecule has 2 rings (SSSR count). The van der Waals surface area contributed by atoms with Crippen LogP contribution in [-0.4, -0.2) is 30.2 Å². The van der Waals surface area contributed by atoms with Gasteiger partial charge >= 0.3 is 0 Å². The predicted octanol–water partition coefficient (Wildman–Crippen LogP) is 1.58. The van der Waals surface area contributed by atoms with Gasteiger partial charge in [-0.3, -0.25) is 4.98 Å². The summed E-state index contributed by atoms with van der Waals surface area (Å²) in [6.45, 7) is 8.66. The van der Waals surface area contributed by atoms with Gasteiger partial charge in [0, 0.05) is 42.8 Å². The van der Waals surface area contributed by atoms with E-state index in [0.29, 0.717) is 12.1 Å². The van der Waals surface area contributed by atoms with Crippen LogP contribution in [0.15, 0.2) is 18.3 Å². The molecular weight excluding hydrogens is 186 g/mol. The van der Waals surface area contributed by atoms with Gasteiger partial charge in [0.2, 0.25) is 0 Å². The number of hydrogen-bond acceptors (Lipinski definition) is 3. The van der Waals surface area contributed by atoms with Crippen LogP contribution >= 0.6 is 0 Å². The van der Waals surface area contributed by atoms with Crippen LogP contribution in [0.5, 0.6) is 0 Å². The molecule has 2 atom stereocenters. The molecule has 3 heteroatoms. The van der Waals surface area contributed by atoms with Crippen LogP contribution in [0.25, 0.3) is 0 Å². The third-order valence-electron chi connectivity index (χ3n) is 2.80. The first kappa shape index (κ1) is 10.4. The molecule has 0 saturated carbocycles. The molecule has 2 heterocycles. The third-order valence-corrected chi connectivity index (χ3v) is 2.80. The molecule has 1 fully saturated rings. The lowest BCUT2D eigenvalue weighted by Crippen LogP contribution is -2.54. The Bertz CT molecular complexity index is 327. The van der Waals surface area contributed by atoms with E-state index in [1.165, 1.54) is 5.69 Å². The van der Waals surface area contributed by atoms with Gasteiger partial charge in [0.15, 0.2) is 0 Å². The predicted molar refractivity (Wildman–Crippen MR) is 63.2 cm³/mol. The van der Waals surface area contributed by atoms with E-state index in [0.717, 1.165) is 18.8 Å². The first-order valence-corrected chi connectivity index (χ1v) is 5.59. The smallest absolute Gasteiger partial charge is 0.0400 e. The van der Waals surface area contributed by atoms with Gasteiger partial charge < -0.3 is 10.2 Å². The number of aromatic nitrogens is 1. The molecule has 1 aromatic heterocycles. The van der Waals surface area contributed by atoms with Crippen molar-refractivity contribution in [1.29, 1.82) is 0 Å². The van der Waals surface area contributed by atoms with Crippen LogP contribution in [0.3, 0.4) is 0 Å². The van der Waals surface area contributed by atoms with E-state index in [4.69, 9.17) is 0 Å². The summed E-state index contributed by atoms with van der Waals surface area (Å²) >= 11 is 0. The molecule has 0 radical (unpaired) electrons. The summed E-state index contributed by atoms with van der Waals surface area (Å²) in [6, 6.07) is 5.37. The van der Waals surface area contributed by atoms with Crippen LogP contribution in [0, 0.1) is 6.92 Å². The van der Waals surface area contributed by atoms with Crippen molar-refractivity contribution in [2.24, 2.45) is 0 Å². The van der Waals surface area contributed by atoms with Crippen molar-refractivity contribution in [1.82, 2.24) is 10.3 Å².